The van der Waals surface area contributed by atoms with Crippen LogP contribution in [0.25, 0.3) is 6.08 Å². The van der Waals surface area contributed by atoms with Gasteiger partial charge in [0.2, 0.25) is 11.8 Å². The molecule has 10 heteroatoms. The SMILES string of the molecule is CCN(CC)CCN(C)c1nc(/C=C2\SC(=O)NC2=O)cc(OCc2ccco2)n1. The molecule has 1 fully saturated rings. The number of nitrogens with one attached hydrogen (secondary N) is 1. The first-order chi connectivity index (χ1) is 14.5. The summed E-state index contributed by atoms with van der Waals surface area (Å²) in [5.74, 6) is 1.06. The molecule has 160 valence electrons. The summed E-state index contributed by atoms with van der Waals surface area (Å²) >= 11 is 0.845. The highest BCUT2D eigenvalue weighted by Gasteiger charge is 2.25. The summed E-state index contributed by atoms with van der Waals surface area (Å²) in [6, 6.07) is 5.23. The Morgan fingerprint density at radius 2 is 2.03 bits per heavy atom. The zero-order valence-corrected chi connectivity index (χ0v) is 18.1. The molecule has 0 radical (unpaired) electrons. The number of imide groups is 1. The first kappa shape index (κ1) is 21.8. The van der Waals surface area contributed by atoms with Crippen molar-refractivity contribution in [3.63, 3.8) is 0 Å². The maximum Gasteiger partial charge on any atom is 0.290 e. The molecular weight excluding hydrogens is 406 g/mol. The van der Waals surface area contributed by atoms with Crippen LogP contribution in [0.1, 0.15) is 25.3 Å². The minimum Gasteiger partial charge on any atom is -0.469 e. The minimum absolute atomic E-state index is 0.219. The Balaban J connectivity index is 1.82. The van der Waals surface area contributed by atoms with Crippen LogP contribution >= 0.6 is 11.8 Å². The number of carbonyl (C=O) groups excluding carboxylic acids is 2. The van der Waals surface area contributed by atoms with Crippen molar-refractivity contribution in [3.05, 3.63) is 40.8 Å². The number of furan rings is 1. The van der Waals surface area contributed by atoms with Crippen molar-refractivity contribution in [2.24, 2.45) is 0 Å². The van der Waals surface area contributed by atoms with Gasteiger partial charge in [0.05, 0.1) is 16.9 Å². The number of ether oxygens (including phenoxy) is 1. The number of amides is 2. The van der Waals surface area contributed by atoms with Gasteiger partial charge in [0.25, 0.3) is 11.1 Å². The lowest BCUT2D eigenvalue weighted by molar-refractivity contribution is -0.115. The van der Waals surface area contributed by atoms with Crippen molar-refractivity contribution >= 4 is 34.9 Å². The number of rotatable bonds is 10. The third-order valence-electron chi connectivity index (χ3n) is 4.56. The number of aromatic nitrogens is 2. The highest BCUT2D eigenvalue weighted by molar-refractivity contribution is 8.18. The van der Waals surface area contributed by atoms with Crippen LogP contribution in [0, 0.1) is 0 Å². The largest absolute Gasteiger partial charge is 0.469 e. The van der Waals surface area contributed by atoms with Crippen molar-refractivity contribution in [1.82, 2.24) is 20.2 Å². The van der Waals surface area contributed by atoms with Gasteiger partial charge in [0, 0.05) is 26.2 Å². The molecule has 3 rings (SSSR count). The third kappa shape index (κ3) is 5.83. The van der Waals surface area contributed by atoms with E-state index in [2.05, 4.69) is 34.0 Å². The van der Waals surface area contributed by atoms with Gasteiger partial charge in [-0.2, -0.15) is 4.98 Å². The number of likely N-dealkylation sites (N-methyl/N-ethyl adjacent to an activating group) is 2. The summed E-state index contributed by atoms with van der Waals surface area (Å²) in [6.07, 6.45) is 3.14. The maximum atomic E-state index is 11.9. The Bertz CT molecular complexity index is 912. The van der Waals surface area contributed by atoms with Gasteiger partial charge < -0.3 is 19.0 Å². The Labute approximate surface area is 179 Å². The maximum absolute atomic E-state index is 11.9. The van der Waals surface area contributed by atoms with Gasteiger partial charge in [0.1, 0.15) is 12.4 Å². The van der Waals surface area contributed by atoms with Gasteiger partial charge in [-0.25, -0.2) is 4.98 Å². The second kappa shape index (κ2) is 10.3. The normalized spacial score (nSPS) is 15.1. The van der Waals surface area contributed by atoms with E-state index in [1.165, 1.54) is 0 Å². The van der Waals surface area contributed by atoms with Crippen molar-refractivity contribution in [1.29, 1.82) is 0 Å². The van der Waals surface area contributed by atoms with Crippen molar-refractivity contribution in [3.8, 4) is 5.88 Å². The molecular formula is C20H25N5O4S. The molecule has 0 unspecified atom stereocenters. The highest BCUT2D eigenvalue weighted by Crippen LogP contribution is 2.26. The van der Waals surface area contributed by atoms with E-state index in [-0.39, 0.29) is 11.5 Å². The van der Waals surface area contributed by atoms with E-state index in [9.17, 15) is 9.59 Å². The van der Waals surface area contributed by atoms with Crippen LogP contribution in [-0.2, 0) is 11.4 Å². The van der Waals surface area contributed by atoms with E-state index in [1.807, 2.05) is 18.0 Å². The van der Waals surface area contributed by atoms with Gasteiger partial charge in [0.15, 0.2) is 0 Å². The van der Waals surface area contributed by atoms with Crippen LogP contribution in [0.4, 0.5) is 10.7 Å². The number of carbonyl (C=O) groups is 2. The lowest BCUT2D eigenvalue weighted by atomic mass is 10.3. The zero-order chi connectivity index (χ0) is 21.5. The first-order valence-electron chi connectivity index (χ1n) is 9.71. The molecule has 2 amide bonds. The lowest BCUT2D eigenvalue weighted by Crippen LogP contribution is -2.33. The molecule has 3 heterocycles. The quantitative estimate of drug-likeness (QED) is 0.569. The first-order valence-corrected chi connectivity index (χ1v) is 10.5. The average Bonchev–Trinajstić information content (AvgIpc) is 3.36. The second-order valence-electron chi connectivity index (χ2n) is 6.60. The summed E-state index contributed by atoms with van der Waals surface area (Å²) in [7, 11) is 1.91. The van der Waals surface area contributed by atoms with Crippen LogP contribution in [-0.4, -0.2) is 59.2 Å². The lowest BCUT2D eigenvalue weighted by Gasteiger charge is -2.23. The topological polar surface area (TPSA) is 101 Å². The molecule has 1 saturated heterocycles. The fourth-order valence-corrected chi connectivity index (χ4v) is 3.44. The Morgan fingerprint density at radius 1 is 1.23 bits per heavy atom. The fourth-order valence-electron chi connectivity index (χ4n) is 2.78. The van der Waals surface area contributed by atoms with Gasteiger partial charge >= 0.3 is 0 Å². The van der Waals surface area contributed by atoms with Gasteiger partial charge in [-0.15, -0.1) is 0 Å². The molecule has 0 aliphatic carbocycles. The Hall–Kier alpha value is -2.85. The molecule has 2 aromatic heterocycles. The number of thioether (sulfide) groups is 1. The standard InChI is InChI=1S/C20H25N5O4S/c1-4-25(5-2)9-8-24(3)19-21-14(11-16-18(26)23-20(27)30-16)12-17(22-19)29-13-15-7-6-10-28-15/h6-7,10-12H,4-5,8-9,13H2,1-3H3,(H,23,26,27)/b16-11-. The van der Waals surface area contributed by atoms with E-state index in [0.29, 0.717) is 23.3 Å². The van der Waals surface area contributed by atoms with Crippen molar-refractivity contribution in [2.75, 3.05) is 38.1 Å². The molecule has 0 spiro atoms. The fraction of sp³-hybridized carbons (Fsp3) is 0.400. The smallest absolute Gasteiger partial charge is 0.290 e. The average molecular weight is 432 g/mol. The van der Waals surface area contributed by atoms with Crippen molar-refractivity contribution < 1.29 is 18.7 Å². The number of anilines is 1. The molecule has 30 heavy (non-hydrogen) atoms. The second-order valence-corrected chi connectivity index (χ2v) is 7.61. The predicted molar refractivity (Wildman–Crippen MR) is 115 cm³/mol. The van der Waals surface area contributed by atoms with Crippen molar-refractivity contribution in [2.45, 2.75) is 20.5 Å². The molecule has 1 aliphatic heterocycles. The van der Waals surface area contributed by atoms with Crippen LogP contribution in [0.3, 0.4) is 0 Å². The van der Waals surface area contributed by atoms with E-state index in [0.717, 1.165) is 37.9 Å². The van der Waals surface area contributed by atoms with E-state index < -0.39 is 11.1 Å². The molecule has 0 bridgehead atoms. The Kier molecular flexibility index (Phi) is 7.47. The molecule has 0 aromatic carbocycles. The van der Waals surface area contributed by atoms with Crippen LogP contribution in [0.5, 0.6) is 5.88 Å². The molecule has 2 aromatic rings. The monoisotopic (exact) mass is 431 g/mol. The summed E-state index contributed by atoms with van der Waals surface area (Å²) in [5, 5.41) is 1.85. The minimum atomic E-state index is -0.432. The summed E-state index contributed by atoms with van der Waals surface area (Å²) in [5.41, 5.74) is 0.483. The number of nitrogens with zero attached hydrogens (tertiary/aromatic N) is 4. The molecule has 1 N–H and O–H groups in total. The van der Waals surface area contributed by atoms with E-state index in [4.69, 9.17) is 9.15 Å². The van der Waals surface area contributed by atoms with E-state index >= 15 is 0 Å². The molecule has 0 saturated carbocycles. The number of hydrogen-bond acceptors (Lipinski definition) is 9. The van der Waals surface area contributed by atoms with Gasteiger partial charge in [-0.1, -0.05) is 13.8 Å². The zero-order valence-electron chi connectivity index (χ0n) is 17.3. The number of hydrogen-bond donors (Lipinski definition) is 1. The van der Waals surface area contributed by atoms with Crippen LogP contribution < -0.4 is 15.0 Å². The van der Waals surface area contributed by atoms with Gasteiger partial charge in [-0.3, -0.25) is 14.9 Å². The van der Waals surface area contributed by atoms with Crippen LogP contribution in [0.2, 0.25) is 0 Å². The van der Waals surface area contributed by atoms with Gasteiger partial charge in [-0.05, 0) is 43.1 Å². The molecule has 9 nitrogen and oxygen atoms in total. The highest BCUT2D eigenvalue weighted by atomic mass is 32.2. The molecule has 0 atom stereocenters. The Morgan fingerprint density at radius 3 is 2.67 bits per heavy atom. The summed E-state index contributed by atoms with van der Waals surface area (Å²) in [4.78, 5) is 36.9. The summed E-state index contributed by atoms with van der Waals surface area (Å²) in [6.45, 7) is 8.00. The molecule has 1 aliphatic rings. The predicted octanol–water partition coefficient (Wildman–Crippen LogP) is 2.75. The van der Waals surface area contributed by atoms with Crippen LogP contribution in [0.15, 0.2) is 33.8 Å². The van der Waals surface area contributed by atoms with E-state index in [1.54, 1.807) is 24.5 Å². The third-order valence-corrected chi connectivity index (χ3v) is 5.37. The summed E-state index contributed by atoms with van der Waals surface area (Å²) < 4.78 is 11.1.